The van der Waals surface area contributed by atoms with Crippen molar-refractivity contribution in [2.75, 3.05) is 0 Å². The van der Waals surface area contributed by atoms with Crippen LogP contribution in [0, 0.1) is 0 Å². The van der Waals surface area contributed by atoms with E-state index in [0.717, 1.165) is 0 Å². The number of nitrogens with zero attached hydrogens (tertiary/aromatic N) is 2. The van der Waals surface area contributed by atoms with Gasteiger partial charge < -0.3 is 10.2 Å². The smallest absolute Gasteiger partial charge is 0.356 e. The molecule has 0 spiro atoms. The summed E-state index contributed by atoms with van der Waals surface area (Å²) in [4.78, 5) is 14.7. The van der Waals surface area contributed by atoms with Crippen LogP contribution in [0.25, 0.3) is 5.52 Å². The number of hydrogen-bond acceptors (Lipinski definition) is 3. The molecule has 0 bridgehead atoms. The van der Waals surface area contributed by atoms with E-state index in [0.29, 0.717) is 10.5 Å². The Labute approximate surface area is 89.6 Å². The number of imidazole rings is 1. The van der Waals surface area contributed by atoms with Crippen LogP contribution < -0.4 is 0 Å². The van der Waals surface area contributed by atoms with Crippen molar-refractivity contribution in [1.82, 2.24) is 9.38 Å². The summed E-state index contributed by atoms with van der Waals surface area (Å²) in [6, 6.07) is 3.23. The molecule has 0 saturated heterocycles. The second-order valence-corrected chi connectivity index (χ2v) is 3.32. The lowest BCUT2D eigenvalue weighted by molar-refractivity contribution is 0.0693. The predicted octanol–water partition coefficient (Wildman–Crippen LogP) is 1.18. The number of aliphatic hydroxyl groups excluding tert-OH is 1. The van der Waals surface area contributed by atoms with E-state index in [9.17, 15) is 4.79 Å². The van der Waals surface area contributed by atoms with Gasteiger partial charge in [0, 0.05) is 6.20 Å². The average molecular weight is 227 g/mol. The molecular formula is C9H7ClN2O3. The fraction of sp³-hybridized carbons (Fsp3) is 0.111. The van der Waals surface area contributed by atoms with Gasteiger partial charge in [-0.15, -0.1) is 0 Å². The summed E-state index contributed by atoms with van der Waals surface area (Å²) in [6.45, 7) is -0.339. The summed E-state index contributed by atoms with van der Waals surface area (Å²) in [6.07, 6.45) is 1.60. The van der Waals surface area contributed by atoms with Gasteiger partial charge in [0.15, 0.2) is 5.69 Å². The lowest BCUT2D eigenvalue weighted by atomic mass is 10.3. The SMILES string of the molecule is O=C(O)c1nc(CO)n2cccc(Cl)c12. The Bertz CT molecular complexity index is 535. The van der Waals surface area contributed by atoms with Crippen molar-refractivity contribution in [2.45, 2.75) is 6.61 Å². The minimum atomic E-state index is -1.17. The summed E-state index contributed by atoms with van der Waals surface area (Å²) >= 11 is 5.87. The van der Waals surface area contributed by atoms with Gasteiger partial charge in [0.2, 0.25) is 0 Å². The maximum Gasteiger partial charge on any atom is 0.356 e. The molecule has 0 aromatic carbocycles. The van der Waals surface area contributed by atoms with Gasteiger partial charge >= 0.3 is 5.97 Å². The van der Waals surface area contributed by atoms with Gasteiger partial charge in [-0.05, 0) is 12.1 Å². The van der Waals surface area contributed by atoms with Crippen LogP contribution in [0.5, 0.6) is 0 Å². The molecule has 0 saturated carbocycles. The number of carboxylic acid groups (broad SMARTS) is 1. The molecule has 78 valence electrons. The van der Waals surface area contributed by atoms with Crippen LogP contribution in [0.2, 0.25) is 5.02 Å². The number of aliphatic hydroxyl groups is 1. The fourth-order valence-electron chi connectivity index (χ4n) is 1.42. The van der Waals surface area contributed by atoms with Gasteiger partial charge in [-0.2, -0.15) is 0 Å². The molecule has 0 radical (unpaired) electrons. The fourth-order valence-corrected chi connectivity index (χ4v) is 1.67. The summed E-state index contributed by atoms with van der Waals surface area (Å²) in [5.41, 5.74) is 0.153. The van der Waals surface area contributed by atoms with Gasteiger partial charge in [0.25, 0.3) is 0 Å². The first-order valence-electron chi connectivity index (χ1n) is 4.14. The zero-order chi connectivity index (χ0) is 11.0. The molecule has 2 rings (SSSR count). The Morgan fingerprint density at radius 1 is 1.60 bits per heavy atom. The van der Waals surface area contributed by atoms with Crippen LogP contribution in [0.3, 0.4) is 0 Å². The van der Waals surface area contributed by atoms with Crippen molar-refractivity contribution in [1.29, 1.82) is 0 Å². The molecule has 0 fully saturated rings. The second-order valence-electron chi connectivity index (χ2n) is 2.91. The number of halogens is 1. The zero-order valence-electron chi connectivity index (χ0n) is 7.51. The van der Waals surface area contributed by atoms with E-state index in [1.165, 1.54) is 4.40 Å². The first-order chi connectivity index (χ1) is 7.15. The summed E-state index contributed by atoms with van der Waals surface area (Å²) in [5.74, 6) is -0.912. The van der Waals surface area contributed by atoms with E-state index in [2.05, 4.69) is 4.98 Å². The van der Waals surface area contributed by atoms with E-state index < -0.39 is 5.97 Å². The van der Waals surface area contributed by atoms with E-state index in [1.54, 1.807) is 18.3 Å². The number of carbonyl (C=O) groups is 1. The Morgan fingerprint density at radius 2 is 2.33 bits per heavy atom. The summed E-state index contributed by atoms with van der Waals surface area (Å²) in [5, 5.41) is 18.2. The molecule has 0 unspecified atom stereocenters. The quantitative estimate of drug-likeness (QED) is 0.806. The largest absolute Gasteiger partial charge is 0.476 e. The normalized spacial score (nSPS) is 10.8. The third-order valence-electron chi connectivity index (χ3n) is 2.03. The van der Waals surface area contributed by atoms with E-state index in [4.69, 9.17) is 21.8 Å². The van der Waals surface area contributed by atoms with Crippen LogP contribution in [0.4, 0.5) is 0 Å². The number of carboxylic acids is 1. The van der Waals surface area contributed by atoms with Crippen LogP contribution >= 0.6 is 11.6 Å². The lowest BCUT2D eigenvalue weighted by Gasteiger charge is -1.98. The Morgan fingerprint density at radius 3 is 2.93 bits per heavy atom. The van der Waals surface area contributed by atoms with Crippen LogP contribution in [0.1, 0.15) is 16.3 Å². The number of hydrogen-bond donors (Lipinski definition) is 2. The van der Waals surface area contributed by atoms with Gasteiger partial charge in [-0.1, -0.05) is 11.6 Å². The number of pyridine rings is 1. The molecule has 2 aromatic rings. The van der Waals surface area contributed by atoms with E-state index >= 15 is 0 Å². The molecule has 0 aliphatic heterocycles. The Hall–Kier alpha value is -1.59. The monoisotopic (exact) mass is 226 g/mol. The Kier molecular flexibility index (Phi) is 2.34. The van der Waals surface area contributed by atoms with Crippen molar-refractivity contribution in [3.05, 3.63) is 34.9 Å². The first kappa shape index (κ1) is 9.95. The molecule has 5 nitrogen and oxygen atoms in total. The highest BCUT2D eigenvalue weighted by Crippen LogP contribution is 2.22. The number of fused-ring (bicyclic) bond motifs is 1. The third-order valence-corrected chi connectivity index (χ3v) is 2.34. The van der Waals surface area contributed by atoms with Gasteiger partial charge in [-0.25, -0.2) is 9.78 Å². The average Bonchev–Trinajstić information content (AvgIpc) is 2.58. The maximum atomic E-state index is 10.9. The highest BCUT2D eigenvalue weighted by Gasteiger charge is 2.18. The molecule has 2 heterocycles. The second kappa shape index (κ2) is 3.52. The Balaban J connectivity index is 2.88. The molecular weight excluding hydrogens is 220 g/mol. The standard InChI is InChI=1S/C9H7ClN2O3/c10-5-2-1-3-12-6(4-13)11-7(8(5)12)9(14)15/h1-3,13H,4H2,(H,14,15). The number of aromatic nitrogens is 2. The van der Waals surface area contributed by atoms with Crippen molar-refractivity contribution in [3.63, 3.8) is 0 Å². The zero-order valence-corrected chi connectivity index (χ0v) is 8.27. The van der Waals surface area contributed by atoms with Crippen molar-refractivity contribution in [2.24, 2.45) is 0 Å². The van der Waals surface area contributed by atoms with E-state index in [-0.39, 0.29) is 18.1 Å². The van der Waals surface area contributed by atoms with Crippen LogP contribution in [0.15, 0.2) is 18.3 Å². The van der Waals surface area contributed by atoms with E-state index in [1.807, 2.05) is 0 Å². The molecule has 0 aliphatic rings. The van der Waals surface area contributed by atoms with Crippen LogP contribution in [-0.2, 0) is 6.61 Å². The molecule has 2 aromatic heterocycles. The molecule has 0 aliphatic carbocycles. The minimum absolute atomic E-state index is 0.148. The van der Waals surface area contributed by atoms with Gasteiger partial charge in [0.1, 0.15) is 12.4 Å². The molecule has 2 N–H and O–H groups in total. The van der Waals surface area contributed by atoms with Gasteiger partial charge in [-0.3, -0.25) is 4.40 Å². The van der Waals surface area contributed by atoms with Crippen LogP contribution in [-0.4, -0.2) is 25.6 Å². The summed E-state index contributed by atoms with van der Waals surface area (Å²) in [7, 11) is 0. The molecule has 6 heteroatoms. The van der Waals surface area contributed by atoms with Crippen molar-refractivity contribution >= 4 is 23.1 Å². The minimum Gasteiger partial charge on any atom is -0.476 e. The maximum absolute atomic E-state index is 10.9. The number of aromatic carboxylic acids is 1. The highest BCUT2D eigenvalue weighted by atomic mass is 35.5. The highest BCUT2D eigenvalue weighted by molar-refractivity contribution is 6.34. The van der Waals surface area contributed by atoms with Crippen molar-refractivity contribution in [3.8, 4) is 0 Å². The topological polar surface area (TPSA) is 74.8 Å². The molecule has 0 atom stereocenters. The summed E-state index contributed by atoms with van der Waals surface area (Å²) < 4.78 is 1.46. The number of rotatable bonds is 2. The van der Waals surface area contributed by atoms with Crippen molar-refractivity contribution < 1.29 is 15.0 Å². The van der Waals surface area contributed by atoms with Gasteiger partial charge in [0.05, 0.1) is 10.5 Å². The predicted molar refractivity (Wildman–Crippen MR) is 53.1 cm³/mol. The third kappa shape index (κ3) is 1.45. The molecule has 0 amide bonds. The lowest BCUT2D eigenvalue weighted by Crippen LogP contribution is -1.97. The first-order valence-corrected chi connectivity index (χ1v) is 4.52. The molecule has 15 heavy (non-hydrogen) atoms.